The summed E-state index contributed by atoms with van der Waals surface area (Å²) in [6.07, 6.45) is 2.01. The van der Waals surface area contributed by atoms with Gasteiger partial charge in [-0.3, -0.25) is 29.5 Å². The van der Waals surface area contributed by atoms with E-state index in [1.165, 1.54) is 41.3 Å². The Balaban J connectivity index is 1.08. The molecule has 10 nitrogen and oxygen atoms in total. The summed E-state index contributed by atoms with van der Waals surface area (Å²) in [5.41, 5.74) is 5.11. The maximum atomic E-state index is 15.4. The highest BCUT2D eigenvalue weighted by Crippen LogP contribution is 2.64. The van der Waals surface area contributed by atoms with Gasteiger partial charge in [-0.05, 0) is 115 Å². The SMILES string of the molecule is O=C1[C@@H]2C[C@@H]3C(=CC[C@@H]4C(=O)N(c5ccc(-c6nc7ccccc7o6)cc5)C(=O)[C@@H]43)[C@H](c3ccc(O)c(F)c3)[C@]2(c2ccc(Cl)cc2)C(=O)N1Nc1ccc(F)cc1. The lowest BCUT2D eigenvalue weighted by molar-refractivity contribution is -0.138. The summed E-state index contributed by atoms with van der Waals surface area (Å²) >= 11 is 6.34. The summed E-state index contributed by atoms with van der Waals surface area (Å²) in [5, 5.41) is 11.6. The minimum absolute atomic E-state index is 0.00236. The van der Waals surface area contributed by atoms with E-state index in [4.69, 9.17) is 16.0 Å². The number of benzene rings is 5. The largest absolute Gasteiger partial charge is 0.505 e. The van der Waals surface area contributed by atoms with Crippen LogP contribution in [0, 0.1) is 35.3 Å². The van der Waals surface area contributed by atoms with Crippen LogP contribution in [0.25, 0.3) is 22.6 Å². The highest BCUT2D eigenvalue weighted by atomic mass is 35.5. The number of phenols is 1. The molecule has 1 aromatic heterocycles. The number of hydrazine groups is 1. The monoisotopic (exact) mass is 796 g/mol. The quantitative estimate of drug-likeness (QED) is 0.127. The van der Waals surface area contributed by atoms with E-state index in [-0.39, 0.29) is 24.1 Å². The number of phenolic OH excluding ortho intramolecular Hbond substituents is 1. The predicted molar refractivity (Wildman–Crippen MR) is 209 cm³/mol. The molecule has 10 rings (SSSR count). The van der Waals surface area contributed by atoms with Crippen LogP contribution in [0.2, 0.25) is 5.02 Å². The van der Waals surface area contributed by atoms with Crippen molar-refractivity contribution in [1.82, 2.24) is 9.99 Å². The summed E-state index contributed by atoms with van der Waals surface area (Å²) in [4.78, 5) is 64.7. The number of carbonyl (C=O) groups is 4. The van der Waals surface area contributed by atoms with Crippen LogP contribution in [0.5, 0.6) is 5.75 Å². The first kappa shape index (κ1) is 35.7. The Bertz CT molecular complexity index is 2700. The third kappa shape index (κ3) is 5.24. The molecular formula is C45H31ClF2N4O6. The van der Waals surface area contributed by atoms with Crippen LogP contribution in [-0.2, 0) is 24.6 Å². The number of aromatic nitrogens is 1. The van der Waals surface area contributed by atoms with E-state index in [2.05, 4.69) is 10.4 Å². The molecule has 2 aliphatic carbocycles. The number of fused-ring (bicyclic) bond motifs is 5. The topological polar surface area (TPSA) is 133 Å². The number of rotatable bonds is 6. The third-order valence-electron chi connectivity index (χ3n) is 12.2. The van der Waals surface area contributed by atoms with E-state index in [0.29, 0.717) is 44.4 Å². The molecule has 4 amide bonds. The number of hydrogen-bond acceptors (Lipinski definition) is 8. The fourth-order valence-corrected chi connectivity index (χ4v) is 9.86. The fourth-order valence-electron chi connectivity index (χ4n) is 9.74. The minimum Gasteiger partial charge on any atom is -0.505 e. The number of hydrogen-bond donors (Lipinski definition) is 2. The Morgan fingerprint density at radius 2 is 1.57 bits per heavy atom. The number of para-hydroxylation sites is 2. The van der Waals surface area contributed by atoms with Crippen molar-refractivity contribution >= 4 is 57.7 Å². The number of anilines is 2. The maximum absolute atomic E-state index is 15.4. The van der Waals surface area contributed by atoms with Gasteiger partial charge < -0.3 is 9.52 Å². The zero-order valence-electron chi connectivity index (χ0n) is 30.3. The van der Waals surface area contributed by atoms with Gasteiger partial charge in [-0.2, -0.15) is 5.01 Å². The van der Waals surface area contributed by atoms with Crippen molar-refractivity contribution in [3.05, 3.63) is 155 Å². The van der Waals surface area contributed by atoms with E-state index in [1.54, 1.807) is 48.5 Å². The molecular weight excluding hydrogens is 766 g/mol. The first-order valence-electron chi connectivity index (χ1n) is 18.7. The summed E-state index contributed by atoms with van der Waals surface area (Å²) in [6, 6.07) is 29.7. The van der Waals surface area contributed by atoms with Crippen molar-refractivity contribution < 1.29 is 37.5 Å². The first-order valence-corrected chi connectivity index (χ1v) is 19.1. The number of oxazole rings is 1. The molecule has 5 aromatic carbocycles. The third-order valence-corrected chi connectivity index (χ3v) is 12.5. The molecule has 2 saturated heterocycles. The van der Waals surface area contributed by atoms with Crippen LogP contribution in [0.1, 0.15) is 29.9 Å². The Labute approximate surface area is 334 Å². The van der Waals surface area contributed by atoms with Gasteiger partial charge in [0, 0.05) is 16.5 Å². The van der Waals surface area contributed by atoms with Crippen molar-refractivity contribution in [2.75, 3.05) is 10.3 Å². The number of nitrogens with one attached hydrogen (secondary N) is 1. The molecule has 0 spiro atoms. The van der Waals surface area contributed by atoms with Crippen LogP contribution >= 0.6 is 11.6 Å². The van der Waals surface area contributed by atoms with Gasteiger partial charge in [0.1, 0.15) is 11.3 Å². The summed E-state index contributed by atoms with van der Waals surface area (Å²) in [6.45, 7) is 0. The van der Waals surface area contributed by atoms with Crippen LogP contribution < -0.4 is 10.3 Å². The average molecular weight is 797 g/mol. The minimum atomic E-state index is -1.70. The molecule has 0 unspecified atom stereocenters. The lowest BCUT2D eigenvalue weighted by Crippen LogP contribution is -2.53. The number of imide groups is 2. The van der Waals surface area contributed by atoms with Crippen LogP contribution in [0.4, 0.5) is 20.2 Å². The van der Waals surface area contributed by atoms with E-state index < -0.39 is 76.0 Å². The van der Waals surface area contributed by atoms with Crippen molar-refractivity contribution in [3.8, 4) is 17.2 Å². The molecule has 3 fully saturated rings. The van der Waals surface area contributed by atoms with E-state index in [0.717, 1.165) is 11.1 Å². The zero-order chi connectivity index (χ0) is 40.0. The van der Waals surface area contributed by atoms with Crippen LogP contribution in [0.15, 0.2) is 131 Å². The number of nitrogens with zero attached hydrogens (tertiary/aromatic N) is 3. The van der Waals surface area contributed by atoms with Crippen molar-refractivity contribution in [1.29, 1.82) is 0 Å². The van der Waals surface area contributed by atoms with Crippen molar-refractivity contribution in [3.63, 3.8) is 0 Å². The number of carbonyl (C=O) groups excluding carboxylic acids is 4. The first-order chi connectivity index (χ1) is 28.0. The fraction of sp³-hybridized carbons (Fsp3) is 0.178. The Morgan fingerprint density at radius 3 is 2.29 bits per heavy atom. The molecule has 58 heavy (non-hydrogen) atoms. The van der Waals surface area contributed by atoms with E-state index >= 15 is 9.18 Å². The summed E-state index contributed by atoms with van der Waals surface area (Å²) in [7, 11) is 0. The van der Waals surface area contributed by atoms with Gasteiger partial charge in [0.25, 0.3) is 11.8 Å². The number of aromatic hydroxyl groups is 1. The summed E-state index contributed by atoms with van der Waals surface area (Å²) in [5.74, 6) is -8.31. The van der Waals surface area contributed by atoms with Gasteiger partial charge in [-0.15, -0.1) is 0 Å². The lowest BCUT2D eigenvalue weighted by Gasteiger charge is -2.50. The molecule has 288 valence electrons. The Hall–Kier alpha value is -6.66. The van der Waals surface area contributed by atoms with Crippen LogP contribution in [0.3, 0.4) is 0 Å². The van der Waals surface area contributed by atoms with Gasteiger partial charge in [-0.25, -0.2) is 13.8 Å². The molecule has 6 atom stereocenters. The highest BCUT2D eigenvalue weighted by molar-refractivity contribution is 6.30. The predicted octanol–water partition coefficient (Wildman–Crippen LogP) is 8.32. The molecule has 2 aliphatic heterocycles. The van der Waals surface area contributed by atoms with Gasteiger partial charge in [0.05, 0.1) is 34.5 Å². The second-order valence-corrected chi connectivity index (χ2v) is 15.6. The van der Waals surface area contributed by atoms with Gasteiger partial charge >= 0.3 is 0 Å². The smallest absolute Gasteiger partial charge is 0.260 e. The summed E-state index contributed by atoms with van der Waals surface area (Å²) < 4.78 is 35.2. The Morgan fingerprint density at radius 1 is 0.828 bits per heavy atom. The molecule has 2 N–H and O–H groups in total. The van der Waals surface area contributed by atoms with Crippen molar-refractivity contribution in [2.45, 2.75) is 24.2 Å². The van der Waals surface area contributed by atoms with E-state index in [9.17, 15) is 23.9 Å². The van der Waals surface area contributed by atoms with Crippen LogP contribution in [-0.4, -0.2) is 38.7 Å². The van der Waals surface area contributed by atoms with Gasteiger partial charge in [0.2, 0.25) is 17.7 Å². The molecule has 1 saturated carbocycles. The molecule has 6 aromatic rings. The highest BCUT2D eigenvalue weighted by Gasteiger charge is 2.70. The molecule has 0 bridgehead atoms. The number of amides is 4. The second-order valence-electron chi connectivity index (χ2n) is 15.1. The number of halogens is 3. The molecule has 4 aliphatic rings. The maximum Gasteiger partial charge on any atom is 0.260 e. The van der Waals surface area contributed by atoms with E-state index in [1.807, 2.05) is 30.3 Å². The second kappa shape index (κ2) is 13.2. The van der Waals surface area contributed by atoms with Gasteiger partial charge in [0.15, 0.2) is 17.1 Å². The zero-order valence-corrected chi connectivity index (χ0v) is 31.1. The van der Waals surface area contributed by atoms with Gasteiger partial charge in [-0.1, -0.05) is 53.6 Å². The molecule has 13 heteroatoms. The normalized spacial score (nSPS) is 25.2. The molecule has 0 radical (unpaired) electrons. The number of allylic oxidation sites excluding steroid dienone is 2. The average Bonchev–Trinajstić information content (AvgIpc) is 3.84. The Kier molecular flexibility index (Phi) is 8.13. The lowest BCUT2D eigenvalue weighted by atomic mass is 9.49. The van der Waals surface area contributed by atoms with Crippen molar-refractivity contribution in [2.24, 2.45) is 23.7 Å². The standard InChI is InChI=1S/C45H31ClF2N4O6/c46-26-10-8-25(9-11-26)45-33(42(55)52(44(45)57)50-28-14-12-27(47)13-15-28)22-32-30(39(45)24-7-20-36(53)34(48)21-24)18-19-31-38(32)43(56)51(41(31)54)29-16-5-23(6-17-29)40-49-35-3-1-2-4-37(35)58-40/h1-18,20-21,31-33,38-39,50,53H,19,22H2/t31-,32+,33-,38-,39-,45+/m0/s1. The molecule has 3 heterocycles.